The molecule has 0 aromatic carbocycles. The molecule has 2 N–H and O–H groups in total. The molecule has 0 aliphatic rings. The number of aliphatic imine (C=N–C) groups is 1. The van der Waals surface area contributed by atoms with Crippen LogP contribution in [-0.4, -0.2) is 24.1 Å². The van der Waals surface area contributed by atoms with Crippen molar-refractivity contribution in [1.29, 1.82) is 0 Å². The molecule has 0 unspecified atom stereocenters. The molecular weight excluding hydrogens is 176 g/mol. The van der Waals surface area contributed by atoms with E-state index in [4.69, 9.17) is 10.5 Å². The van der Waals surface area contributed by atoms with Crippen molar-refractivity contribution >= 4 is 5.84 Å². The Balaban J connectivity index is 4.94. The third-order valence-corrected chi connectivity index (χ3v) is 2.46. The van der Waals surface area contributed by atoms with E-state index in [9.17, 15) is 0 Å². The number of nitrogens with zero attached hydrogens (tertiary/aromatic N) is 1. The maximum Gasteiger partial charge on any atom is 0.127 e. The van der Waals surface area contributed by atoms with Gasteiger partial charge in [-0.15, -0.1) is 0 Å². The van der Waals surface area contributed by atoms with E-state index < -0.39 is 0 Å². The van der Waals surface area contributed by atoms with E-state index in [0.29, 0.717) is 5.84 Å². The molecule has 0 saturated heterocycles. The van der Waals surface area contributed by atoms with E-state index >= 15 is 0 Å². The molecule has 0 aliphatic heterocycles. The van der Waals surface area contributed by atoms with Crippen molar-refractivity contribution in [2.24, 2.45) is 10.7 Å². The minimum atomic E-state index is -0.382. The third kappa shape index (κ3) is 3.29. The molecule has 0 aliphatic carbocycles. The van der Waals surface area contributed by atoms with Crippen LogP contribution in [0.2, 0.25) is 0 Å². The van der Waals surface area contributed by atoms with Gasteiger partial charge in [-0.25, -0.2) is 0 Å². The molecule has 0 saturated carbocycles. The second kappa shape index (κ2) is 4.78. The van der Waals surface area contributed by atoms with Crippen LogP contribution in [0.3, 0.4) is 0 Å². The zero-order valence-electron chi connectivity index (χ0n) is 10.3. The van der Waals surface area contributed by atoms with Gasteiger partial charge in [-0.1, -0.05) is 13.8 Å². The molecule has 0 radical (unpaired) electrons. The van der Waals surface area contributed by atoms with Crippen LogP contribution < -0.4 is 5.73 Å². The maximum atomic E-state index is 6.00. The summed E-state index contributed by atoms with van der Waals surface area (Å²) in [7, 11) is 1.69. The van der Waals surface area contributed by atoms with Crippen LogP contribution in [0.5, 0.6) is 0 Å². The number of hydrogen-bond acceptors (Lipinski definition) is 2. The topological polar surface area (TPSA) is 47.6 Å². The fourth-order valence-corrected chi connectivity index (χ4v) is 1.47. The fourth-order valence-electron chi connectivity index (χ4n) is 1.47. The van der Waals surface area contributed by atoms with E-state index in [1.165, 1.54) is 0 Å². The van der Waals surface area contributed by atoms with Crippen molar-refractivity contribution in [2.45, 2.75) is 58.6 Å². The summed E-state index contributed by atoms with van der Waals surface area (Å²) >= 11 is 0. The van der Waals surface area contributed by atoms with Gasteiger partial charge in [0, 0.05) is 7.11 Å². The highest BCUT2D eigenvalue weighted by Gasteiger charge is 2.31. The lowest BCUT2D eigenvalue weighted by Gasteiger charge is -2.31. The van der Waals surface area contributed by atoms with Gasteiger partial charge in [-0.2, -0.15) is 0 Å². The van der Waals surface area contributed by atoms with Crippen molar-refractivity contribution < 1.29 is 4.74 Å². The fraction of sp³-hybridized carbons (Fsp3) is 0.909. The number of rotatable bonds is 4. The largest absolute Gasteiger partial charge is 0.385 e. The first-order valence-corrected chi connectivity index (χ1v) is 5.22. The summed E-state index contributed by atoms with van der Waals surface area (Å²) in [4.78, 5) is 4.46. The zero-order chi connectivity index (χ0) is 11.4. The van der Waals surface area contributed by atoms with Gasteiger partial charge < -0.3 is 10.5 Å². The number of amidine groups is 1. The normalized spacial score (nSPS) is 14.6. The summed E-state index contributed by atoms with van der Waals surface area (Å²) in [6, 6.07) is 0. The number of ether oxygens (including phenoxy) is 1. The Morgan fingerprint density at radius 1 is 1.21 bits per heavy atom. The first kappa shape index (κ1) is 13.4. The number of nitrogens with two attached hydrogens (primary N) is 1. The van der Waals surface area contributed by atoms with Gasteiger partial charge in [0.05, 0.1) is 5.54 Å². The number of methoxy groups -OCH3 is 1. The standard InChI is InChI=1S/C11H24N2O/c1-7-11(8-2,14-6)9(12)13-10(3,4)5/h7-8H2,1-6H3,(H2,12,13). The molecule has 3 nitrogen and oxygen atoms in total. The smallest absolute Gasteiger partial charge is 0.127 e. The van der Waals surface area contributed by atoms with E-state index in [-0.39, 0.29) is 11.1 Å². The van der Waals surface area contributed by atoms with Crippen LogP contribution in [0.25, 0.3) is 0 Å². The molecule has 0 fully saturated rings. The highest BCUT2D eigenvalue weighted by atomic mass is 16.5. The molecule has 0 amide bonds. The van der Waals surface area contributed by atoms with Crippen LogP contribution in [0.15, 0.2) is 4.99 Å². The van der Waals surface area contributed by atoms with Crippen molar-refractivity contribution in [3.05, 3.63) is 0 Å². The Morgan fingerprint density at radius 3 is 1.86 bits per heavy atom. The van der Waals surface area contributed by atoms with Gasteiger partial charge in [-0.05, 0) is 33.6 Å². The summed E-state index contributed by atoms with van der Waals surface area (Å²) in [5.41, 5.74) is 5.47. The summed E-state index contributed by atoms with van der Waals surface area (Å²) in [6.07, 6.45) is 1.71. The predicted molar refractivity (Wildman–Crippen MR) is 61.7 cm³/mol. The summed E-state index contributed by atoms with van der Waals surface area (Å²) < 4.78 is 5.49. The Morgan fingerprint density at radius 2 is 1.64 bits per heavy atom. The lowest BCUT2D eigenvalue weighted by molar-refractivity contribution is 0.0418. The first-order valence-electron chi connectivity index (χ1n) is 5.22. The highest BCUT2D eigenvalue weighted by Crippen LogP contribution is 2.21. The molecule has 0 atom stereocenters. The van der Waals surface area contributed by atoms with Gasteiger partial charge in [0.15, 0.2) is 0 Å². The van der Waals surface area contributed by atoms with Crippen molar-refractivity contribution in [3.8, 4) is 0 Å². The molecule has 0 aromatic rings. The molecule has 0 spiro atoms. The van der Waals surface area contributed by atoms with Gasteiger partial charge in [0.25, 0.3) is 0 Å². The van der Waals surface area contributed by atoms with Crippen LogP contribution in [0.1, 0.15) is 47.5 Å². The SMILES string of the molecule is CCC(CC)(OC)C(N)=NC(C)(C)C. The number of hydrogen-bond donors (Lipinski definition) is 1. The summed E-state index contributed by atoms with van der Waals surface area (Å²) in [5.74, 6) is 0.609. The summed E-state index contributed by atoms with van der Waals surface area (Å²) in [5, 5.41) is 0. The minimum absolute atomic E-state index is 0.141. The Labute approximate surface area is 87.7 Å². The Hall–Kier alpha value is -0.570. The average Bonchev–Trinajstić information content (AvgIpc) is 2.05. The molecular formula is C11H24N2O. The molecule has 3 heteroatoms. The van der Waals surface area contributed by atoms with E-state index in [1.54, 1.807) is 7.11 Å². The molecule has 0 aromatic heterocycles. The zero-order valence-corrected chi connectivity index (χ0v) is 10.3. The van der Waals surface area contributed by atoms with Crippen LogP contribution in [-0.2, 0) is 4.74 Å². The van der Waals surface area contributed by atoms with Gasteiger partial charge in [-0.3, -0.25) is 4.99 Å². The van der Waals surface area contributed by atoms with E-state index in [1.807, 2.05) is 20.8 Å². The van der Waals surface area contributed by atoms with Crippen LogP contribution >= 0.6 is 0 Å². The maximum absolute atomic E-state index is 6.00. The average molecular weight is 200 g/mol. The quantitative estimate of drug-likeness (QED) is 0.559. The second-order valence-electron chi connectivity index (χ2n) is 4.57. The second-order valence-corrected chi connectivity index (χ2v) is 4.57. The predicted octanol–water partition coefficient (Wildman–Crippen LogP) is 2.35. The summed E-state index contributed by atoms with van der Waals surface area (Å²) in [6.45, 7) is 10.2. The molecule has 84 valence electrons. The first-order chi connectivity index (χ1) is 6.31. The molecule has 0 rings (SSSR count). The van der Waals surface area contributed by atoms with E-state index in [0.717, 1.165) is 12.8 Å². The Kier molecular flexibility index (Phi) is 4.59. The lowest BCUT2D eigenvalue weighted by atomic mass is 9.95. The molecule has 0 bridgehead atoms. The van der Waals surface area contributed by atoms with Crippen molar-refractivity contribution in [1.82, 2.24) is 0 Å². The Bertz CT molecular complexity index is 192. The van der Waals surface area contributed by atoms with E-state index in [2.05, 4.69) is 18.8 Å². The van der Waals surface area contributed by atoms with Crippen molar-refractivity contribution in [3.63, 3.8) is 0 Å². The monoisotopic (exact) mass is 200 g/mol. The van der Waals surface area contributed by atoms with Crippen LogP contribution in [0, 0.1) is 0 Å². The lowest BCUT2D eigenvalue weighted by Crippen LogP contribution is -2.46. The van der Waals surface area contributed by atoms with Gasteiger partial charge in [0.2, 0.25) is 0 Å². The van der Waals surface area contributed by atoms with Crippen LogP contribution in [0.4, 0.5) is 0 Å². The van der Waals surface area contributed by atoms with Gasteiger partial charge in [0.1, 0.15) is 11.4 Å². The molecule has 0 heterocycles. The minimum Gasteiger partial charge on any atom is -0.385 e. The molecule has 14 heavy (non-hydrogen) atoms. The van der Waals surface area contributed by atoms with Crippen molar-refractivity contribution in [2.75, 3.05) is 7.11 Å². The third-order valence-electron chi connectivity index (χ3n) is 2.46. The highest BCUT2D eigenvalue weighted by molar-refractivity contribution is 5.89. The van der Waals surface area contributed by atoms with Gasteiger partial charge >= 0.3 is 0 Å².